The second-order valence-corrected chi connectivity index (χ2v) is 7.09. The molecule has 1 aromatic carbocycles. The van der Waals surface area contributed by atoms with Crippen molar-refractivity contribution in [2.24, 2.45) is 5.10 Å². The van der Waals surface area contributed by atoms with Crippen molar-refractivity contribution in [3.05, 3.63) is 58.3 Å². The smallest absolute Gasteiger partial charge is 0.261 e. The van der Waals surface area contributed by atoms with Gasteiger partial charge >= 0.3 is 0 Å². The van der Waals surface area contributed by atoms with Crippen molar-refractivity contribution in [3.8, 4) is 0 Å². The van der Waals surface area contributed by atoms with Crippen molar-refractivity contribution in [3.63, 3.8) is 0 Å². The van der Waals surface area contributed by atoms with Gasteiger partial charge < -0.3 is 0 Å². The van der Waals surface area contributed by atoms with Gasteiger partial charge in [0.2, 0.25) is 10.0 Å². The monoisotopic (exact) mass is 377 g/mol. The molecular formula is C16H19N5O4S. The van der Waals surface area contributed by atoms with Gasteiger partial charge in [0.25, 0.3) is 5.69 Å². The van der Waals surface area contributed by atoms with Crippen LogP contribution in [0.1, 0.15) is 19.4 Å². The fourth-order valence-electron chi connectivity index (χ4n) is 2.24. The standard InChI is InChI=1S/C16H19N5O4S/c1-3-20(4-2)26(24,25)14-9-10-16(17-12-14)19-18-11-13-7-5-6-8-15(13)21(22)23/h5-12H,3-4H2,1-2H3,(H,17,19)/b18-11+. The molecule has 9 nitrogen and oxygen atoms in total. The Morgan fingerprint density at radius 3 is 2.50 bits per heavy atom. The van der Waals surface area contributed by atoms with E-state index in [1.165, 1.54) is 34.9 Å². The lowest BCUT2D eigenvalue weighted by molar-refractivity contribution is -0.385. The maximum atomic E-state index is 12.4. The van der Waals surface area contributed by atoms with Crippen molar-refractivity contribution in [2.75, 3.05) is 18.5 Å². The molecule has 0 aliphatic carbocycles. The van der Waals surface area contributed by atoms with E-state index in [2.05, 4.69) is 15.5 Å². The summed E-state index contributed by atoms with van der Waals surface area (Å²) in [5.41, 5.74) is 2.90. The maximum absolute atomic E-state index is 12.4. The molecule has 0 amide bonds. The van der Waals surface area contributed by atoms with Crippen LogP contribution >= 0.6 is 0 Å². The summed E-state index contributed by atoms with van der Waals surface area (Å²) < 4.78 is 26.1. The van der Waals surface area contributed by atoms with E-state index in [9.17, 15) is 18.5 Å². The van der Waals surface area contributed by atoms with Crippen molar-refractivity contribution in [2.45, 2.75) is 18.7 Å². The van der Waals surface area contributed by atoms with E-state index < -0.39 is 14.9 Å². The largest absolute Gasteiger partial charge is 0.278 e. The minimum absolute atomic E-state index is 0.0633. The first-order valence-electron chi connectivity index (χ1n) is 7.88. The number of hydrogen-bond acceptors (Lipinski definition) is 7. The molecule has 1 N–H and O–H groups in total. The normalized spacial score (nSPS) is 11.8. The number of aromatic nitrogens is 1. The van der Waals surface area contributed by atoms with Crippen LogP contribution in [0.4, 0.5) is 11.5 Å². The number of anilines is 1. The molecule has 0 aliphatic rings. The Balaban J connectivity index is 2.12. The van der Waals surface area contributed by atoms with Crippen molar-refractivity contribution >= 4 is 27.7 Å². The summed E-state index contributed by atoms with van der Waals surface area (Å²) in [6.07, 6.45) is 2.55. The van der Waals surface area contributed by atoms with E-state index in [-0.39, 0.29) is 10.6 Å². The number of nitrogens with one attached hydrogen (secondary N) is 1. The van der Waals surface area contributed by atoms with Gasteiger partial charge in [-0.25, -0.2) is 13.4 Å². The summed E-state index contributed by atoms with van der Waals surface area (Å²) in [5.74, 6) is 0.318. The number of benzene rings is 1. The lowest BCUT2D eigenvalue weighted by Gasteiger charge is -2.18. The Morgan fingerprint density at radius 1 is 1.23 bits per heavy atom. The number of hydrogen-bond donors (Lipinski definition) is 1. The van der Waals surface area contributed by atoms with Crippen molar-refractivity contribution in [1.29, 1.82) is 0 Å². The van der Waals surface area contributed by atoms with Crippen LogP contribution in [-0.4, -0.2) is 41.9 Å². The van der Waals surface area contributed by atoms with Crippen LogP contribution in [0.2, 0.25) is 0 Å². The molecule has 2 rings (SSSR count). The van der Waals surface area contributed by atoms with Crippen LogP contribution < -0.4 is 5.43 Å². The zero-order valence-electron chi connectivity index (χ0n) is 14.4. The SMILES string of the molecule is CCN(CC)S(=O)(=O)c1ccc(N/N=C/c2ccccc2[N+](=O)[O-])nc1. The minimum Gasteiger partial charge on any atom is -0.261 e. The molecule has 0 fully saturated rings. The Kier molecular flexibility index (Phi) is 6.36. The third-order valence-electron chi connectivity index (χ3n) is 3.60. The van der Waals surface area contributed by atoms with Crippen LogP contribution in [0.15, 0.2) is 52.6 Å². The molecule has 0 bridgehead atoms. The van der Waals surface area contributed by atoms with E-state index >= 15 is 0 Å². The summed E-state index contributed by atoms with van der Waals surface area (Å²) in [5, 5.41) is 14.9. The van der Waals surface area contributed by atoms with Crippen LogP contribution in [0.5, 0.6) is 0 Å². The summed E-state index contributed by atoms with van der Waals surface area (Å²) in [6, 6.07) is 9.10. The van der Waals surface area contributed by atoms with Crippen molar-refractivity contribution < 1.29 is 13.3 Å². The van der Waals surface area contributed by atoms with Gasteiger partial charge in [0.1, 0.15) is 10.7 Å². The second kappa shape index (κ2) is 8.50. The van der Waals surface area contributed by atoms with E-state index in [0.717, 1.165) is 0 Å². The number of nitro groups is 1. The number of pyridine rings is 1. The van der Waals surface area contributed by atoms with Gasteiger partial charge in [0.05, 0.1) is 16.7 Å². The van der Waals surface area contributed by atoms with Gasteiger partial charge in [-0.2, -0.15) is 9.41 Å². The maximum Gasteiger partial charge on any atom is 0.278 e. The molecule has 0 saturated heterocycles. The second-order valence-electron chi connectivity index (χ2n) is 5.15. The van der Waals surface area contributed by atoms with Gasteiger partial charge in [-0.15, -0.1) is 0 Å². The molecule has 0 saturated carbocycles. The first kappa shape index (κ1) is 19.5. The summed E-state index contributed by atoms with van der Waals surface area (Å²) in [7, 11) is -3.57. The number of hydrazone groups is 1. The minimum atomic E-state index is -3.57. The van der Waals surface area contributed by atoms with Crippen LogP contribution in [0.3, 0.4) is 0 Å². The van der Waals surface area contributed by atoms with Crippen LogP contribution in [0, 0.1) is 10.1 Å². The molecule has 0 radical (unpaired) electrons. The average Bonchev–Trinajstić information content (AvgIpc) is 2.63. The van der Waals surface area contributed by atoms with Gasteiger partial charge in [0, 0.05) is 25.4 Å². The lowest BCUT2D eigenvalue weighted by atomic mass is 10.2. The molecule has 1 heterocycles. The highest BCUT2D eigenvalue weighted by molar-refractivity contribution is 7.89. The van der Waals surface area contributed by atoms with E-state index in [1.54, 1.807) is 32.0 Å². The summed E-state index contributed by atoms with van der Waals surface area (Å²) in [6.45, 7) is 4.28. The number of nitro benzene ring substituents is 1. The predicted molar refractivity (Wildman–Crippen MR) is 98.7 cm³/mol. The lowest BCUT2D eigenvalue weighted by Crippen LogP contribution is -2.30. The molecular weight excluding hydrogens is 358 g/mol. The third-order valence-corrected chi connectivity index (χ3v) is 5.63. The fraction of sp³-hybridized carbons (Fsp3) is 0.250. The molecule has 0 unspecified atom stereocenters. The van der Waals surface area contributed by atoms with E-state index in [0.29, 0.717) is 24.5 Å². The summed E-state index contributed by atoms with van der Waals surface area (Å²) >= 11 is 0. The topological polar surface area (TPSA) is 118 Å². The van der Waals surface area contributed by atoms with Gasteiger partial charge in [-0.3, -0.25) is 15.5 Å². The van der Waals surface area contributed by atoms with E-state index in [1.807, 2.05) is 0 Å². The fourth-order valence-corrected chi connectivity index (χ4v) is 3.65. The molecule has 138 valence electrons. The summed E-state index contributed by atoms with van der Waals surface area (Å²) in [4.78, 5) is 14.6. The quantitative estimate of drug-likeness (QED) is 0.429. The first-order valence-corrected chi connectivity index (χ1v) is 9.32. The number of para-hydroxylation sites is 1. The molecule has 10 heteroatoms. The third kappa shape index (κ3) is 4.41. The van der Waals surface area contributed by atoms with E-state index in [4.69, 9.17) is 0 Å². The predicted octanol–water partition coefficient (Wildman–Crippen LogP) is 2.47. The van der Waals surface area contributed by atoms with Crippen LogP contribution in [-0.2, 0) is 10.0 Å². The molecule has 1 aromatic heterocycles. The highest BCUT2D eigenvalue weighted by Crippen LogP contribution is 2.17. The number of nitrogens with zero attached hydrogens (tertiary/aromatic N) is 4. The molecule has 0 aliphatic heterocycles. The Hall–Kier alpha value is -2.85. The average molecular weight is 377 g/mol. The highest BCUT2D eigenvalue weighted by atomic mass is 32.2. The highest BCUT2D eigenvalue weighted by Gasteiger charge is 2.21. The molecule has 2 aromatic rings. The molecule has 0 spiro atoms. The molecule has 26 heavy (non-hydrogen) atoms. The van der Waals surface area contributed by atoms with Gasteiger partial charge in [-0.05, 0) is 18.2 Å². The zero-order chi connectivity index (χ0) is 19.2. The van der Waals surface area contributed by atoms with Crippen LogP contribution in [0.25, 0.3) is 0 Å². The van der Waals surface area contributed by atoms with Crippen molar-refractivity contribution in [1.82, 2.24) is 9.29 Å². The number of rotatable bonds is 8. The van der Waals surface area contributed by atoms with Gasteiger partial charge in [0.15, 0.2) is 0 Å². The number of sulfonamides is 1. The zero-order valence-corrected chi connectivity index (χ0v) is 15.2. The Morgan fingerprint density at radius 2 is 1.92 bits per heavy atom. The first-order chi connectivity index (χ1) is 12.4. The molecule has 0 atom stereocenters. The Labute approximate surface area is 151 Å². The van der Waals surface area contributed by atoms with Gasteiger partial charge in [-0.1, -0.05) is 26.0 Å². The Bertz CT molecular complexity index is 893.